The Labute approximate surface area is 147 Å². The first-order valence-corrected chi connectivity index (χ1v) is 8.18. The molecule has 0 aromatic heterocycles. The number of halogens is 4. The molecule has 1 aromatic rings. The van der Waals surface area contributed by atoms with E-state index < -0.39 is 28.6 Å². The third kappa shape index (κ3) is 5.74. The van der Waals surface area contributed by atoms with Crippen LogP contribution in [0.1, 0.15) is 44.1 Å². The van der Waals surface area contributed by atoms with E-state index in [1.807, 2.05) is 0 Å². The van der Waals surface area contributed by atoms with Crippen molar-refractivity contribution < 1.29 is 22.8 Å². The summed E-state index contributed by atoms with van der Waals surface area (Å²) in [4.78, 5) is 23.5. The van der Waals surface area contributed by atoms with Crippen LogP contribution in [0.4, 0.5) is 18.9 Å². The van der Waals surface area contributed by atoms with Crippen LogP contribution in [-0.4, -0.2) is 17.5 Å². The number of amides is 2. The molecule has 1 aliphatic carbocycles. The summed E-state index contributed by atoms with van der Waals surface area (Å²) in [7, 11) is 0. The van der Waals surface area contributed by atoms with Gasteiger partial charge in [0.15, 0.2) is 0 Å². The Balaban J connectivity index is 1.99. The van der Waals surface area contributed by atoms with Gasteiger partial charge in [-0.3, -0.25) is 9.59 Å². The Kier molecular flexibility index (Phi) is 6.41. The van der Waals surface area contributed by atoms with Gasteiger partial charge in [0.1, 0.15) is 0 Å². The third-order valence-corrected chi connectivity index (χ3v) is 4.06. The van der Waals surface area contributed by atoms with E-state index in [1.165, 1.54) is 6.07 Å². The predicted octanol–water partition coefficient (Wildman–Crippen LogP) is 4.12. The fourth-order valence-electron chi connectivity index (χ4n) is 2.44. The molecule has 1 aliphatic rings. The largest absolute Gasteiger partial charge is 0.417 e. The number of carbonyl (C=O) groups excluding carboxylic acids is 2. The SMILES string of the molecule is O=C(NN=C1CCCCCC1)C(=O)Nc1ccc(Cl)c(C(F)(F)F)c1. The Bertz CT molecular complexity index is 680. The van der Waals surface area contributed by atoms with Crippen molar-refractivity contribution in [3.05, 3.63) is 28.8 Å². The first kappa shape index (κ1) is 19.2. The molecule has 0 heterocycles. The zero-order valence-electron chi connectivity index (χ0n) is 13.3. The van der Waals surface area contributed by atoms with Gasteiger partial charge in [0.05, 0.1) is 10.6 Å². The van der Waals surface area contributed by atoms with E-state index in [9.17, 15) is 22.8 Å². The van der Waals surface area contributed by atoms with E-state index in [0.29, 0.717) is 6.07 Å². The summed E-state index contributed by atoms with van der Waals surface area (Å²) in [5, 5.41) is 5.54. The van der Waals surface area contributed by atoms with E-state index in [0.717, 1.165) is 50.3 Å². The Morgan fingerprint density at radius 1 is 1.04 bits per heavy atom. The molecule has 0 radical (unpaired) electrons. The Hall–Kier alpha value is -2.09. The Morgan fingerprint density at radius 2 is 1.68 bits per heavy atom. The fraction of sp³-hybridized carbons (Fsp3) is 0.438. The summed E-state index contributed by atoms with van der Waals surface area (Å²) in [6.45, 7) is 0. The van der Waals surface area contributed by atoms with Gasteiger partial charge >= 0.3 is 18.0 Å². The number of hydrogen-bond acceptors (Lipinski definition) is 3. The summed E-state index contributed by atoms with van der Waals surface area (Å²) < 4.78 is 38.4. The molecule has 25 heavy (non-hydrogen) atoms. The molecule has 9 heteroatoms. The molecule has 1 saturated carbocycles. The molecule has 0 spiro atoms. The maximum absolute atomic E-state index is 12.8. The van der Waals surface area contributed by atoms with Gasteiger partial charge in [-0.05, 0) is 43.9 Å². The van der Waals surface area contributed by atoms with Crippen LogP contribution in [0.25, 0.3) is 0 Å². The monoisotopic (exact) mass is 375 g/mol. The molecule has 0 aliphatic heterocycles. The number of nitrogens with zero attached hydrogens (tertiary/aromatic N) is 1. The lowest BCUT2D eigenvalue weighted by Crippen LogP contribution is -2.33. The molecule has 5 nitrogen and oxygen atoms in total. The summed E-state index contributed by atoms with van der Waals surface area (Å²) in [5.41, 5.74) is 1.68. The highest BCUT2D eigenvalue weighted by atomic mass is 35.5. The topological polar surface area (TPSA) is 70.6 Å². The van der Waals surface area contributed by atoms with Crippen molar-refractivity contribution in [1.29, 1.82) is 0 Å². The van der Waals surface area contributed by atoms with Crippen LogP contribution in [0.5, 0.6) is 0 Å². The van der Waals surface area contributed by atoms with Crippen molar-refractivity contribution in [2.24, 2.45) is 5.10 Å². The lowest BCUT2D eigenvalue weighted by molar-refractivity contribution is -0.137. The molecule has 0 bridgehead atoms. The van der Waals surface area contributed by atoms with Crippen molar-refractivity contribution >= 4 is 34.8 Å². The molecule has 0 unspecified atom stereocenters. The first-order valence-electron chi connectivity index (χ1n) is 7.81. The van der Waals surface area contributed by atoms with Crippen LogP contribution in [0.2, 0.25) is 5.02 Å². The highest BCUT2D eigenvalue weighted by molar-refractivity contribution is 6.39. The second-order valence-corrected chi connectivity index (χ2v) is 6.09. The zero-order chi connectivity index (χ0) is 18.4. The van der Waals surface area contributed by atoms with Gasteiger partial charge in [-0.15, -0.1) is 0 Å². The van der Waals surface area contributed by atoms with Gasteiger partial charge < -0.3 is 5.32 Å². The number of nitrogens with one attached hydrogen (secondary N) is 2. The average Bonchev–Trinajstić information content (AvgIpc) is 2.82. The molecule has 0 saturated heterocycles. The molecule has 2 rings (SSSR count). The van der Waals surface area contributed by atoms with E-state index in [2.05, 4.69) is 15.8 Å². The maximum Gasteiger partial charge on any atom is 0.417 e. The normalized spacial score (nSPS) is 15.3. The van der Waals surface area contributed by atoms with Crippen LogP contribution < -0.4 is 10.7 Å². The van der Waals surface area contributed by atoms with Gasteiger partial charge in [-0.1, -0.05) is 24.4 Å². The van der Waals surface area contributed by atoms with E-state index in [1.54, 1.807) is 0 Å². The number of rotatable bonds is 2. The highest BCUT2D eigenvalue weighted by Crippen LogP contribution is 2.36. The van der Waals surface area contributed by atoms with Crippen molar-refractivity contribution in [3.63, 3.8) is 0 Å². The number of alkyl halides is 3. The average molecular weight is 376 g/mol. The molecule has 0 atom stereocenters. The van der Waals surface area contributed by atoms with Crippen molar-refractivity contribution in [2.75, 3.05) is 5.32 Å². The lowest BCUT2D eigenvalue weighted by Gasteiger charge is -2.11. The molecular formula is C16H17ClF3N3O2. The maximum atomic E-state index is 12.8. The predicted molar refractivity (Wildman–Crippen MR) is 88.4 cm³/mol. The molecule has 2 amide bonds. The van der Waals surface area contributed by atoms with Crippen molar-refractivity contribution in [3.8, 4) is 0 Å². The van der Waals surface area contributed by atoms with Crippen LogP contribution >= 0.6 is 11.6 Å². The second kappa shape index (κ2) is 8.33. The number of anilines is 1. The summed E-state index contributed by atoms with van der Waals surface area (Å²) in [6, 6.07) is 2.86. The third-order valence-electron chi connectivity index (χ3n) is 3.73. The number of benzene rings is 1. The summed E-state index contributed by atoms with van der Waals surface area (Å²) in [5.74, 6) is -2.14. The van der Waals surface area contributed by atoms with Crippen LogP contribution in [-0.2, 0) is 15.8 Å². The summed E-state index contributed by atoms with van der Waals surface area (Å²) >= 11 is 5.50. The van der Waals surface area contributed by atoms with Crippen LogP contribution in [0.3, 0.4) is 0 Å². The number of hydrazone groups is 1. The van der Waals surface area contributed by atoms with Crippen molar-refractivity contribution in [2.45, 2.75) is 44.7 Å². The van der Waals surface area contributed by atoms with Gasteiger partial charge in [0.25, 0.3) is 0 Å². The van der Waals surface area contributed by atoms with Gasteiger partial charge in [0, 0.05) is 11.4 Å². The smallest absolute Gasteiger partial charge is 0.318 e. The second-order valence-electron chi connectivity index (χ2n) is 5.68. The number of hydrogen-bond donors (Lipinski definition) is 2. The molecule has 1 fully saturated rings. The minimum Gasteiger partial charge on any atom is -0.318 e. The van der Waals surface area contributed by atoms with Gasteiger partial charge in [-0.25, -0.2) is 5.43 Å². The Morgan fingerprint density at radius 3 is 2.28 bits per heavy atom. The highest BCUT2D eigenvalue weighted by Gasteiger charge is 2.33. The fourth-order valence-corrected chi connectivity index (χ4v) is 2.66. The first-order chi connectivity index (χ1) is 11.8. The van der Waals surface area contributed by atoms with Gasteiger partial charge in [-0.2, -0.15) is 18.3 Å². The van der Waals surface area contributed by atoms with Gasteiger partial charge in [0.2, 0.25) is 0 Å². The minimum absolute atomic E-state index is 0.181. The minimum atomic E-state index is -4.66. The van der Waals surface area contributed by atoms with Crippen LogP contribution in [0, 0.1) is 0 Å². The molecule has 2 N–H and O–H groups in total. The van der Waals surface area contributed by atoms with Crippen LogP contribution in [0.15, 0.2) is 23.3 Å². The van der Waals surface area contributed by atoms with E-state index in [4.69, 9.17) is 11.6 Å². The van der Waals surface area contributed by atoms with E-state index >= 15 is 0 Å². The lowest BCUT2D eigenvalue weighted by atomic mass is 10.2. The van der Waals surface area contributed by atoms with Crippen molar-refractivity contribution in [1.82, 2.24) is 5.43 Å². The molecular weight excluding hydrogens is 359 g/mol. The zero-order valence-corrected chi connectivity index (χ0v) is 14.0. The molecule has 1 aromatic carbocycles. The standard InChI is InChI=1S/C16H17ClF3N3O2/c17-13-8-7-11(9-12(13)16(18,19)20)21-14(24)15(25)23-22-10-5-3-1-2-4-6-10/h7-9H,1-6H2,(H,21,24)(H,23,25). The molecule has 136 valence electrons. The number of carbonyl (C=O) groups is 2. The quantitative estimate of drug-likeness (QED) is 0.463. The summed E-state index contributed by atoms with van der Waals surface area (Å²) in [6.07, 6.45) is 1.02. The van der Waals surface area contributed by atoms with E-state index in [-0.39, 0.29) is 5.69 Å².